The lowest BCUT2D eigenvalue weighted by Crippen LogP contribution is -2.54. The Balaban J connectivity index is 1.96. The van der Waals surface area contributed by atoms with Crippen molar-refractivity contribution in [3.05, 3.63) is 17.0 Å². The molecule has 4 atom stereocenters. The molecule has 1 spiro atoms. The summed E-state index contributed by atoms with van der Waals surface area (Å²) in [7, 11) is 2.10. The SMILES string of the molecule is Cc1noc2c1[C@@H](O)[C@]13CNC[C@@H]1C[C@H]2N3C. The molecule has 2 saturated heterocycles. The van der Waals surface area contributed by atoms with Crippen LogP contribution in [-0.2, 0) is 0 Å². The third kappa shape index (κ3) is 0.917. The van der Waals surface area contributed by atoms with Crippen LogP contribution in [0.3, 0.4) is 0 Å². The number of aliphatic hydroxyl groups is 1. The van der Waals surface area contributed by atoms with Crippen molar-refractivity contribution in [2.75, 3.05) is 20.1 Å². The van der Waals surface area contributed by atoms with Gasteiger partial charge in [0.25, 0.3) is 0 Å². The second-order valence-electron chi connectivity index (χ2n) is 5.63. The zero-order valence-electron chi connectivity index (χ0n) is 10.1. The summed E-state index contributed by atoms with van der Waals surface area (Å²) < 4.78 is 5.45. The molecule has 0 aromatic carbocycles. The largest absolute Gasteiger partial charge is 0.386 e. The molecule has 17 heavy (non-hydrogen) atoms. The number of hydrogen-bond donors (Lipinski definition) is 2. The van der Waals surface area contributed by atoms with Crippen LogP contribution in [0.1, 0.15) is 35.6 Å². The molecule has 92 valence electrons. The number of aromatic nitrogens is 1. The van der Waals surface area contributed by atoms with Crippen molar-refractivity contribution in [1.29, 1.82) is 0 Å². The molecule has 0 radical (unpaired) electrons. The van der Waals surface area contributed by atoms with Gasteiger partial charge in [-0.3, -0.25) is 4.90 Å². The van der Waals surface area contributed by atoms with Gasteiger partial charge in [-0.2, -0.15) is 0 Å². The van der Waals surface area contributed by atoms with Crippen molar-refractivity contribution in [2.45, 2.75) is 31.0 Å². The van der Waals surface area contributed by atoms with Gasteiger partial charge in [-0.1, -0.05) is 5.16 Å². The molecule has 2 N–H and O–H groups in total. The lowest BCUT2D eigenvalue weighted by atomic mass is 9.79. The molecule has 1 aromatic heterocycles. The van der Waals surface area contributed by atoms with Gasteiger partial charge in [0.15, 0.2) is 5.76 Å². The molecule has 5 nitrogen and oxygen atoms in total. The topological polar surface area (TPSA) is 61.5 Å². The zero-order chi connectivity index (χ0) is 11.8. The molecule has 0 unspecified atom stereocenters. The quantitative estimate of drug-likeness (QED) is 0.680. The predicted octanol–water partition coefficient (Wildman–Crippen LogP) is 0.365. The Labute approximate surface area is 99.8 Å². The minimum Gasteiger partial charge on any atom is -0.386 e. The molecule has 3 aliphatic rings. The van der Waals surface area contributed by atoms with E-state index in [2.05, 4.69) is 22.4 Å². The number of likely N-dealkylation sites (N-methyl/N-ethyl adjacent to an activating group) is 1. The van der Waals surface area contributed by atoms with Gasteiger partial charge in [-0.15, -0.1) is 0 Å². The average molecular weight is 235 g/mol. The Morgan fingerprint density at radius 1 is 1.59 bits per heavy atom. The maximum atomic E-state index is 10.8. The standard InChI is InChI=1S/C12H17N3O2/c1-6-9-10(17-14-6)8-3-7-4-13-5-12(7,11(9)16)15(8)2/h7-8,11,13,16H,3-5H2,1-2H3/t7-,8+,11+,12-/m0/s1. The summed E-state index contributed by atoms with van der Waals surface area (Å²) in [5.41, 5.74) is 1.64. The predicted molar refractivity (Wildman–Crippen MR) is 60.4 cm³/mol. The van der Waals surface area contributed by atoms with Crippen LogP contribution in [0.4, 0.5) is 0 Å². The molecule has 0 aliphatic carbocycles. The number of nitrogens with one attached hydrogen (secondary N) is 1. The van der Waals surface area contributed by atoms with Crippen LogP contribution in [0.25, 0.3) is 0 Å². The fraction of sp³-hybridized carbons (Fsp3) is 0.750. The first-order chi connectivity index (χ1) is 8.16. The summed E-state index contributed by atoms with van der Waals surface area (Å²) in [6, 6.07) is 0.293. The number of aryl methyl sites for hydroxylation is 1. The van der Waals surface area contributed by atoms with Crippen molar-refractivity contribution in [3.63, 3.8) is 0 Å². The molecular weight excluding hydrogens is 218 g/mol. The lowest BCUT2D eigenvalue weighted by molar-refractivity contribution is -0.0309. The highest BCUT2D eigenvalue weighted by Crippen LogP contribution is 2.58. The summed E-state index contributed by atoms with van der Waals surface area (Å²) in [5, 5.41) is 18.2. The smallest absolute Gasteiger partial charge is 0.159 e. The molecule has 2 fully saturated rings. The summed E-state index contributed by atoms with van der Waals surface area (Å²) >= 11 is 0. The molecule has 4 rings (SSSR count). The van der Waals surface area contributed by atoms with Gasteiger partial charge in [0, 0.05) is 18.7 Å². The van der Waals surface area contributed by atoms with Gasteiger partial charge in [-0.25, -0.2) is 0 Å². The Kier molecular flexibility index (Phi) is 1.72. The van der Waals surface area contributed by atoms with Crippen LogP contribution in [0.15, 0.2) is 4.52 Å². The second-order valence-corrected chi connectivity index (χ2v) is 5.63. The fourth-order valence-electron chi connectivity index (χ4n) is 4.20. The Bertz CT molecular complexity index is 486. The molecule has 5 heteroatoms. The van der Waals surface area contributed by atoms with E-state index >= 15 is 0 Å². The molecule has 0 amide bonds. The fourth-order valence-corrected chi connectivity index (χ4v) is 4.20. The van der Waals surface area contributed by atoms with Crippen molar-refractivity contribution >= 4 is 0 Å². The summed E-state index contributed by atoms with van der Waals surface area (Å²) in [5.74, 6) is 1.40. The Morgan fingerprint density at radius 2 is 2.41 bits per heavy atom. The summed E-state index contributed by atoms with van der Waals surface area (Å²) in [4.78, 5) is 2.30. The van der Waals surface area contributed by atoms with Crippen LogP contribution in [0.2, 0.25) is 0 Å². The summed E-state index contributed by atoms with van der Waals surface area (Å²) in [6.45, 7) is 3.77. The third-order valence-corrected chi connectivity index (χ3v) is 5.12. The molecule has 3 aliphatic heterocycles. The van der Waals surface area contributed by atoms with E-state index < -0.39 is 6.10 Å². The van der Waals surface area contributed by atoms with Crippen molar-refractivity contribution < 1.29 is 9.63 Å². The Morgan fingerprint density at radius 3 is 3.24 bits per heavy atom. The van der Waals surface area contributed by atoms with E-state index in [1.165, 1.54) is 0 Å². The van der Waals surface area contributed by atoms with Gasteiger partial charge in [-0.05, 0) is 26.3 Å². The maximum Gasteiger partial charge on any atom is 0.159 e. The number of nitrogens with zero attached hydrogens (tertiary/aromatic N) is 2. The maximum absolute atomic E-state index is 10.8. The number of rotatable bonds is 0. The highest BCUT2D eigenvalue weighted by Gasteiger charge is 2.63. The first-order valence-electron chi connectivity index (χ1n) is 6.24. The van der Waals surface area contributed by atoms with E-state index in [-0.39, 0.29) is 5.54 Å². The monoisotopic (exact) mass is 235 g/mol. The molecule has 1 aromatic rings. The number of fused-ring (bicyclic) bond motifs is 3. The first-order valence-corrected chi connectivity index (χ1v) is 6.24. The van der Waals surface area contributed by atoms with E-state index in [9.17, 15) is 5.11 Å². The summed E-state index contributed by atoms with van der Waals surface area (Å²) in [6.07, 6.45) is 0.579. The Hall–Kier alpha value is -0.910. The zero-order valence-corrected chi connectivity index (χ0v) is 10.1. The van der Waals surface area contributed by atoms with Gasteiger partial charge >= 0.3 is 0 Å². The van der Waals surface area contributed by atoms with Crippen molar-refractivity contribution in [1.82, 2.24) is 15.4 Å². The van der Waals surface area contributed by atoms with Crippen molar-refractivity contribution in [3.8, 4) is 0 Å². The van der Waals surface area contributed by atoms with Crippen LogP contribution in [0, 0.1) is 12.8 Å². The van der Waals surface area contributed by atoms with E-state index in [4.69, 9.17) is 4.52 Å². The van der Waals surface area contributed by atoms with Crippen LogP contribution in [-0.4, -0.2) is 40.8 Å². The molecule has 4 heterocycles. The first kappa shape index (κ1) is 10.1. The van der Waals surface area contributed by atoms with E-state index in [1.807, 2.05) is 6.92 Å². The highest BCUT2D eigenvalue weighted by atomic mass is 16.5. The molecular formula is C12H17N3O2. The van der Waals surface area contributed by atoms with Gasteiger partial charge in [0.05, 0.1) is 17.3 Å². The van der Waals surface area contributed by atoms with Gasteiger partial charge in [0.2, 0.25) is 0 Å². The van der Waals surface area contributed by atoms with Crippen molar-refractivity contribution in [2.24, 2.45) is 5.92 Å². The van der Waals surface area contributed by atoms with E-state index in [1.54, 1.807) is 0 Å². The number of hydrogen-bond acceptors (Lipinski definition) is 5. The molecule has 2 bridgehead atoms. The van der Waals surface area contributed by atoms with E-state index in [0.717, 1.165) is 36.5 Å². The van der Waals surface area contributed by atoms with Crippen LogP contribution < -0.4 is 5.32 Å². The third-order valence-electron chi connectivity index (χ3n) is 5.12. The molecule has 0 saturated carbocycles. The lowest BCUT2D eigenvalue weighted by Gasteiger charge is -2.44. The minimum atomic E-state index is -0.479. The minimum absolute atomic E-state index is 0.145. The normalized spacial score (nSPS) is 43.8. The average Bonchev–Trinajstić information content (AvgIpc) is 2.91. The van der Waals surface area contributed by atoms with Crippen LogP contribution in [0.5, 0.6) is 0 Å². The second kappa shape index (κ2) is 2.91. The van der Waals surface area contributed by atoms with Gasteiger partial charge in [0.1, 0.15) is 6.10 Å². The highest BCUT2D eigenvalue weighted by molar-refractivity contribution is 5.38. The number of aliphatic hydroxyl groups excluding tert-OH is 1. The van der Waals surface area contributed by atoms with Gasteiger partial charge < -0.3 is 14.9 Å². The van der Waals surface area contributed by atoms with Crippen LogP contribution >= 0.6 is 0 Å². The van der Waals surface area contributed by atoms with E-state index in [0.29, 0.717) is 12.0 Å².